The van der Waals surface area contributed by atoms with E-state index in [4.69, 9.17) is 9.72 Å². The van der Waals surface area contributed by atoms with E-state index in [-0.39, 0.29) is 15.6 Å². The number of rotatable bonds is 9. The molecular formula is C30H35FN4O3S2. The van der Waals surface area contributed by atoms with Crippen LogP contribution < -0.4 is 14.4 Å². The number of benzene rings is 2. The second-order valence-corrected chi connectivity index (χ2v) is 13.8. The predicted molar refractivity (Wildman–Crippen MR) is 161 cm³/mol. The third-order valence-electron chi connectivity index (χ3n) is 6.26. The van der Waals surface area contributed by atoms with Gasteiger partial charge in [0.1, 0.15) is 17.4 Å². The number of ether oxygens (including phenoxy) is 1. The maximum absolute atomic E-state index is 14.9. The van der Waals surface area contributed by atoms with E-state index >= 15 is 0 Å². The SMILES string of the molecule is Cc1cccc(C)c1-c1nc(NS(=O)(=O)c2cccc(N(C)C)n2)sc1-c1cc(F)cc(OCCC(C)(C)C)c1. The number of aryl methyl sites for hydroxylation is 2. The Labute approximate surface area is 240 Å². The lowest BCUT2D eigenvalue weighted by molar-refractivity contribution is 0.242. The molecule has 1 N–H and O–H groups in total. The molecule has 2 heterocycles. The van der Waals surface area contributed by atoms with Crippen molar-refractivity contribution in [3.8, 4) is 27.4 Å². The summed E-state index contributed by atoms with van der Waals surface area (Å²) in [5, 5.41) is 0.0357. The third-order valence-corrected chi connectivity index (χ3v) is 8.65. The van der Waals surface area contributed by atoms with E-state index in [0.29, 0.717) is 34.3 Å². The number of thiazole rings is 1. The maximum atomic E-state index is 14.9. The van der Waals surface area contributed by atoms with Crippen LogP contribution >= 0.6 is 11.3 Å². The Kier molecular flexibility index (Phi) is 8.51. The summed E-state index contributed by atoms with van der Waals surface area (Å²) in [5.74, 6) is 0.473. The van der Waals surface area contributed by atoms with Gasteiger partial charge < -0.3 is 9.64 Å². The molecular weight excluding hydrogens is 547 g/mol. The van der Waals surface area contributed by atoms with Crippen LogP contribution in [0.1, 0.15) is 38.3 Å². The number of sulfonamides is 1. The minimum absolute atomic E-state index is 0.0797. The Morgan fingerprint density at radius 3 is 2.33 bits per heavy atom. The summed E-state index contributed by atoms with van der Waals surface area (Å²) in [4.78, 5) is 11.4. The Bertz CT molecular complexity index is 1610. The van der Waals surface area contributed by atoms with Crippen LogP contribution in [0.5, 0.6) is 5.75 Å². The molecule has 0 fully saturated rings. The summed E-state index contributed by atoms with van der Waals surface area (Å²) in [6, 6.07) is 15.2. The molecule has 0 aliphatic rings. The van der Waals surface area contributed by atoms with Gasteiger partial charge in [-0.3, -0.25) is 4.72 Å². The molecule has 7 nitrogen and oxygen atoms in total. The zero-order valence-electron chi connectivity index (χ0n) is 23.9. The van der Waals surface area contributed by atoms with Gasteiger partial charge in [-0.1, -0.05) is 56.4 Å². The highest BCUT2D eigenvalue weighted by atomic mass is 32.2. The molecule has 4 rings (SSSR count). The Morgan fingerprint density at radius 1 is 1.00 bits per heavy atom. The van der Waals surface area contributed by atoms with Gasteiger partial charge in [0.05, 0.1) is 17.2 Å². The van der Waals surface area contributed by atoms with Crippen LogP contribution in [-0.4, -0.2) is 39.1 Å². The van der Waals surface area contributed by atoms with Gasteiger partial charge in [0.15, 0.2) is 10.2 Å². The molecule has 0 radical (unpaired) electrons. The van der Waals surface area contributed by atoms with Gasteiger partial charge in [-0.2, -0.15) is 8.42 Å². The van der Waals surface area contributed by atoms with Gasteiger partial charge >= 0.3 is 0 Å². The lowest BCUT2D eigenvalue weighted by Gasteiger charge is -2.18. The Hall–Kier alpha value is -3.50. The van der Waals surface area contributed by atoms with E-state index in [1.807, 2.05) is 32.0 Å². The number of anilines is 2. The van der Waals surface area contributed by atoms with Gasteiger partial charge in [-0.05, 0) is 61.1 Å². The number of halogens is 1. The quantitative estimate of drug-likeness (QED) is 0.223. The van der Waals surface area contributed by atoms with Crippen molar-refractivity contribution in [1.82, 2.24) is 9.97 Å². The van der Waals surface area contributed by atoms with Crippen molar-refractivity contribution in [2.75, 3.05) is 30.3 Å². The summed E-state index contributed by atoms with van der Waals surface area (Å²) < 4.78 is 50.0. The van der Waals surface area contributed by atoms with Crippen LogP contribution in [0.4, 0.5) is 15.3 Å². The first-order chi connectivity index (χ1) is 18.7. The largest absolute Gasteiger partial charge is 0.493 e. The lowest BCUT2D eigenvalue weighted by Crippen LogP contribution is -2.17. The number of pyridine rings is 1. The van der Waals surface area contributed by atoms with Crippen LogP contribution in [-0.2, 0) is 10.0 Å². The number of hydrogen-bond donors (Lipinski definition) is 1. The first-order valence-corrected chi connectivity index (χ1v) is 15.2. The molecule has 4 aromatic rings. The summed E-state index contributed by atoms with van der Waals surface area (Å²) >= 11 is 1.14. The van der Waals surface area contributed by atoms with Crippen LogP contribution in [0.2, 0.25) is 0 Å². The lowest BCUT2D eigenvalue weighted by atomic mass is 9.93. The van der Waals surface area contributed by atoms with Crippen LogP contribution in [0, 0.1) is 25.1 Å². The second-order valence-electron chi connectivity index (χ2n) is 11.1. The number of hydrogen-bond acceptors (Lipinski definition) is 7. The molecule has 0 aliphatic heterocycles. The first kappa shape index (κ1) is 29.5. The normalized spacial score (nSPS) is 11.9. The zero-order valence-corrected chi connectivity index (χ0v) is 25.5. The van der Waals surface area contributed by atoms with Crippen molar-refractivity contribution in [2.45, 2.75) is 46.1 Å². The van der Waals surface area contributed by atoms with Crippen molar-refractivity contribution in [2.24, 2.45) is 5.41 Å². The second kappa shape index (κ2) is 11.5. The van der Waals surface area contributed by atoms with Gasteiger partial charge in [-0.15, -0.1) is 0 Å². The Balaban J connectivity index is 1.79. The molecule has 10 heteroatoms. The molecule has 0 spiro atoms. The van der Waals surface area contributed by atoms with Gasteiger partial charge in [0, 0.05) is 31.3 Å². The first-order valence-electron chi connectivity index (χ1n) is 12.9. The Morgan fingerprint density at radius 2 is 1.68 bits per heavy atom. The average Bonchev–Trinajstić information content (AvgIpc) is 3.25. The fourth-order valence-corrected chi connectivity index (χ4v) is 6.30. The molecule has 40 heavy (non-hydrogen) atoms. The van der Waals surface area contributed by atoms with Crippen LogP contribution in [0.3, 0.4) is 0 Å². The van der Waals surface area contributed by atoms with Crippen molar-refractivity contribution in [3.05, 3.63) is 71.5 Å². The highest BCUT2D eigenvalue weighted by Gasteiger charge is 2.24. The van der Waals surface area contributed by atoms with Crippen molar-refractivity contribution in [3.63, 3.8) is 0 Å². The molecule has 0 aliphatic carbocycles. The van der Waals surface area contributed by atoms with Crippen molar-refractivity contribution < 1.29 is 17.5 Å². The minimum atomic E-state index is -4.04. The number of nitrogens with one attached hydrogen (secondary N) is 1. The maximum Gasteiger partial charge on any atom is 0.281 e. The highest BCUT2D eigenvalue weighted by molar-refractivity contribution is 7.92. The standard InChI is InChI=1S/C30H35FN4O3S2/c1-19-10-8-11-20(2)26(19)27-28(21-16-22(31)18-23(17-21)38-15-14-30(3,4)5)39-29(33-27)34-40(36,37)25-13-9-12-24(32-25)35(6)7/h8-13,16-18H,14-15H2,1-7H3,(H,33,34). The molecule has 212 valence electrons. The van der Waals surface area contributed by atoms with E-state index in [1.165, 1.54) is 18.2 Å². The van der Waals surface area contributed by atoms with E-state index in [9.17, 15) is 12.8 Å². The zero-order chi connectivity index (χ0) is 29.2. The molecule has 0 unspecified atom stereocenters. The third kappa shape index (κ3) is 6.98. The smallest absolute Gasteiger partial charge is 0.281 e. The van der Waals surface area contributed by atoms with Gasteiger partial charge in [-0.25, -0.2) is 14.4 Å². The fourth-order valence-electron chi connectivity index (χ4n) is 4.14. The molecule has 0 atom stereocenters. The summed E-state index contributed by atoms with van der Waals surface area (Å²) in [7, 11) is -0.463. The molecule has 0 bridgehead atoms. The molecule has 0 saturated heterocycles. The monoisotopic (exact) mass is 582 g/mol. The summed E-state index contributed by atoms with van der Waals surface area (Å²) in [6.45, 7) is 10.8. The molecule has 0 amide bonds. The van der Waals surface area contributed by atoms with E-state index in [2.05, 4.69) is 30.5 Å². The van der Waals surface area contributed by atoms with Crippen LogP contribution in [0.15, 0.2) is 59.6 Å². The summed E-state index contributed by atoms with van der Waals surface area (Å²) in [5.41, 5.74) is 4.01. The van der Waals surface area contributed by atoms with E-state index in [1.54, 1.807) is 37.2 Å². The highest BCUT2D eigenvalue weighted by Crippen LogP contribution is 2.43. The molecule has 2 aromatic carbocycles. The topological polar surface area (TPSA) is 84.4 Å². The van der Waals surface area contributed by atoms with Crippen molar-refractivity contribution >= 4 is 32.3 Å². The number of aromatic nitrogens is 2. The minimum Gasteiger partial charge on any atom is -0.493 e. The fraction of sp³-hybridized carbons (Fsp3) is 0.333. The molecule has 0 saturated carbocycles. The number of nitrogens with zero attached hydrogens (tertiary/aromatic N) is 3. The van der Waals surface area contributed by atoms with E-state index < -0.39 is 15.8 Å². The predicted octanol–water partition coefficient (Wildman–Crippen LogP) is 7.31. The molecule has 2 aromatic heterocycles. The average molecular weight is 583 g/mol. The van der Waals surface area contributed by atoms with Gasteiger partial charge in [0.25, 0.3) is 10.0 Å². The van der Waals surface area contributed by atoms with Gasteiger partial charge in [0.2, 0.25) is 0 Å². The van der Waals surface area contributed by atoms with Crippen molar-refractivity contribution in [1.29, 1.82) is 0 Å². The summed E-state index contributed by atoms with van der Waals surface area (Å²) in [6.07, 6.45) is 0.808. The van der Waals surface area contributed by atoms with Crippen LogP contribution in [0.25, 0.3) is 21.7 Å². The van der Waals surface area contributed by atoms with E-state index in [0.717, 1.165) is 34.4 Å².